The number of carbonyl (C=O) groups excluding carboxylic acids is 1. The molecule has 0 unspecified atom stereocenters. The summed E-state index contributed by atoms with van der Waals surface area (Å²) in [7, 11) is 0. The van der Waals surface area contributed by atoms with Crippen LogP contribution in [-0.4, -0.2) is 35.2 Å². The van der Waals surface area contributed by atoms with Gasteiger partial charge in [0.1, 0.15) is 23.2 Å². The van der Waals surface area contributed by atoms with Crippen LogP contribution in [0.1, 0.15) is 59.0 Å². The van der Waals surface area contributed by atoms with Crippen molar-refractivity contribution in [3.63, 3.8) is 0 Å². The maximum atomic E-state index is 14.8. The van der Waals surface area contributed by atoms with E-state index in [1.807, 2.05) is 29.8 Å². The Hall–Kier alpha value is -3.88. The van der Waals surface area contributed by atoms with Crippen LogP contribution in [0.5, 0.6) is 0 Å². The smallest absolute Gasteiger partial charge is 0.259 e. The molecule has 8 nitrogen and oxygen atoms in total. The first kappa shape index (κ1) is 20.5. The lowest BCUT2D eigenvalue weighted by molar-refractivity contribution is 0.102. The highest BCUT2D eigenvalue weighted by molar-refractivity contribution is 6.04. The van der Waals surface area contributed by atoms with Gasteiger partial charge in [0.15, 0.2) is 5.82 Å². The van der Waals surface area contributed by atoms with Crippen molar-refractivity contribution < 1.29 is 9.18 Å². The molecule has 35 heavy (non-hydrogen) atoms. The van der Waals surface area contributed by atoms with Crippen molar-refractivity contribution in [1.29, 1.82) is 0 Å². The molecule has 3 aromatic heterocycles. The molecule has 1 spiro atoms. The van der Waals surface area contributed by atoms with Crippen LogP contribution in [0.25, 0.3) is 17.2 Å². The number of halogens is 1. The molecule has 2 aliphatic carbocycles. The van der Waals surface area contributed by atoms with Gasteiger partial charge in [-0.25, -0.2) is 14.4 Å². The number of aromatic nitrogens is 6. The molecule has 4 heterocycles. The van der Waals surface area contributed by atoms with Crippen molar-refractivity contribution in [2.24, 2.45) is 5.41 Å². The number of fused-ring (bicyclic) bond motifs is 1. The Kier molecular flexibility index (Phi) is 4.28. The molecule has 1 amide bonds. The number of aryl methyl sites for hydroxylation is 1. The molecule has 0 bridgehead atoms. The number of anilines is 1. The molecule has 4 aromatic rings. The SMILES string of the molecule is Cc1cc(F)c(C(=O)Nc2cccc(-c3nnc4n3CC3(CC3)C4)n2)cc1-n1cnc(C2CC2)c1. The Balaban J connectivity index is 1.16. The molecule has 1 aromatic carbocycles. The zero-order valence-electron chi connectivity index (χ0n) is 19.3. The lowest BCUT2D eigenvalue weighted by atomic mass is 10.1. The summed E-state index contributed by atoms with van der Waals surface area (Å²) in [4.78, 5) is 22.2. The lowest BCUT2D eigenvalue weighted by Gasteiger charge is -2.12. The van der Waals surface area contributed by atoms with Crippen molar-refractivity contribution in [3.8, 4) is 17.2 Å². The standard InChI is InChI=1S/C26H24FN7O/c1-15-9-18(27)17(10-21(15)33-12-20(28-14-33)16-5-6-16)25(35)30-22-4-2-3-19(29-22)24-32-31-23-11-26(7-8-26)13-34(23)24/h2-4,9-10,12,14,16H,5-8,11,13H2,1H3,(H,29,30,35). The Morgan fingerprint density at radius 1 is 1.20 bits per heavy atom. The number of rotatable bonds is 5. The van der Waals surface area contributed by atoms with Crippen molar-refractivity contribution >= 4 is 11.7 Å². The van der Waals surface area contributed by atoms with Crippen LogP contribution in [-0.2, 0) is 13.0 Å². The minimum atomic E-state index is -0.576. The second-order valence-electron chi connectivity index (χ2n) is 10.2. The van der Waals surface area contributed by atoms with E-state index in [-0.39, 0.29) is 5.56 Å². The topological polar surface area (TPSA) is 90.5 Å². The van der Waals surface area contributed by atoms with Gasteiger partial charge in [-0.2, -0.15) is 0 Å². The highest BCUT2D eigenvalue weighted by Gasteiger charge is 2.49. The van der Waals surface area contributed by atoms with E-state index in [9.17, 15) is 9.18 Å². The van der Waals surface area contributed by atoms with E-state index in [0.29, 0.717) is 28.7 Å². The van der Waals surface area contributed by atoms with E-state index in [1.54, 1.807) is 18.5 Å². The van der Waals surface area contributed by atoms with E-state index in [4.69, 9.17) is 0 Å². The highest BCUT2D eigenvalue weighted by Crippen LogP contribution is 2.53. The van der Waals surface area contributed by atoms with Crippen LogP contribution >= 0.6 is 0 Å². The molecule has 1 aliphatic heterocycles. The average molecular weight is 470 g/mol. The minimum Gasteiger partial charge on any atom is -0.309 e. The van der Waals surface area contributed by atoms with Gasteiger partial charge in [-0.3, -0.25) is 4.79 Å². The molecule has 9 heteroatoms. The second kappa shape index (κ2) is 7.31. The zero-order valence-corrected chi connectivity index (χ0v) is 19.3. The third kappa shape index (κ3) is 3.53. The van der Waals surface area contributed by atoms with Crippen LogP contribution in [0.2, 0.25) is 0 Å². The van der Waals surface area contributed by atoms with Gasteiger partial charge in [0.25, 0.3) is 5.91 Å². The number of imidazole rings is 1. The maximum absolute atomic E-state index is 14.8. The summed E-state index contributed by atoms with van der Waals surface area (Å²) in [5.41, 5.74) is 3.45. The van der Waals surface area contributed by atoms with Crippen LogP contribution < -0.4 is 5.32 Å². The number of hydrogen-bond donors (Lipinski definition) is 1. The lowest BCUT2D eigenvalue weighted by Crippen LogP contribution is -2.16. The van der Waals surface area contributed by atoms with Gasteiger partial charge < -0.3 is 14.5 Å². The Morgan fingerprint density at radius 2 is 2.06 bits per heavy atom. The van der Waals surface area contributed by atoms with E-state index >= 15 is 0 Å². The first-order valence-electron chi connectivity index (χ1n) is 12.0. The quantitative estimate of drug-likeness (QED) is 0.467. The fraction of sp³-hybridized carbons (Fsp3) is 0.346. The zero-order chi connectivity index (χ0) is 23.7. The third-order valence-electron chi connectivity index (χ3n) is 7.44. The molecular weight excluding hydrogens is 445 g/mol. The van der Waals surface area contributed by atoms with Crippen molar-refractivity contribution in [2.75, 3.05) is 5.32 Å². The maximum Gasteiger partial charge on any atom is 0.259 e. The molecule has 0 atom stereocenters. The molecule has 7 rings (SSSR count). The first-order valence-corrected chi connectivity index (χ1v) is 12.0. The molecular formula is C26H24FN7O. The van der Waals surface area contributed by atoms with Gasteiger partial charge in [0.2, 0.25) is 0 Å². The van der Waals surface area contributed by atoms with E-state index in [1.165, 1.54) is 18.9 Å². The first-order chi connectivity index (χ1) is 17.0. The van der Waals surface area contributed by atoms with Crippen LogP contribution in [0, 0.1) is 18.2 Å². The van der Waals surface area contributed by atoms with Gasteiger partial charge in [-0.1, -0.05) is 6.07 Å². The van der Waals surface area contributed by atoms with Gasteiger partial charge in [-0.15, -0.1) is 10.2 Å². The van der Waals surface area contributed by atoms with Crippen LogP contribution in [0.4, 0.5) is 10.2 Å². The fourth-order valence-electron chi connectivity index (χ4n) is 5.05. The Bertz CT molecular complexity index is 1500. The number of hydrogen-bond acceptors (Lipinski definition) is 5. The second-order valence-corrected chi connectivity index (χ2v) is 10.2. The number of pyridine rings is 1. The summed E-state index contributed by atoms with van der Waals surface area (Å²) in [5, 5.41) is 11.4. The number of carbonyl (C=O) groups is 1. The Labute approximate surface area is 201 Å². The molecule has 3 aliphatic rings. The van der Waals surface area contributed by atoms with Crippen LogP contribution in [0.15, 0.2) is 42.9 Å². The minimum absolute atomic E-state index is 0.0430. The average Bonchev–Trinajstić information content (AvgIpc) is 3.68. The van der Waals surface area contributed by atoms with E-state index < -0.39 is 11.7 Å². The molecule has 1 N–H and O–H groups in total. The van der Waals surface area contributed by atoms with Crippen molar-refractivity contribution in [1.82, 2.24) is 29.3 Å². The summed E-state index contributed by atoms with van der Waals surface area (Å²) >= 11 is 0. The summed E-state index contributed by atoms with van der Waals surface area (Å²) < 4.78 is 18.8. The summed E-state index contributed by atoms with van der Waals surface area (Å²) in [6.45, 7) is 2.74. The number of amides is 1. The normalized spacial score (nSPS) is 17.5. The van der Waals surface area contributed by atoms with Gasteiger partial charge in [-0.05, 0) is 67.9 Å². The molecule has 2 fully saturated rings. The fourth-order valence-corrected chi connectivity index (χ4v) is 5.05. The van der Waals surface area contributed by atoms with E-state index in [2.05, 4.69) is 30.0 Å². The monoisotopic (exact) mass is 469 g/mol. The van der Waals surface area contributed by atoms with Crippen LogP contribution in [0.3, 0.4) is 0 Å². The molecule has 176 valence electrons. The summed E-state index contributed by atoms with van der Waals surface area (Å²) in [5.74, 6) is 1.41. The summed E-state index contributed by atoms with van der Waals surface area (Å²) in [6.07, 6.45) is 9.41. The number of nitrogens with one attached hydrogen (secondary N) is 1. The number of benzene rings is 1. The van der Waals surface area contributed by atoms with Gasteiger partial charge >= 0.3 is 0 Å². The molecule has 2 saturated carbocycles. The van der Waals surface area contributed by atoms with Crippen molar-refractivity contribution in [3.05, 3.63) is 71.3 Å². The van der Waals surface area contributed by atoms with E-state index in [0.717, 1.165) is 48.6 Å². The summed E-state index contributed by atoms with van der Waals surface area (Å²) in [6, 6.07) is 8.31. The Morgan fingerprint density at radius 3 is 2.86 bits per heavy atom. The van der Waals surface area contributed by atoms with Gasteiger partial charge in [0.05, 0.1) is 23.3 Å². The predicted octanol–water partition coefficient (Wildman–Crippen LogP) is 4.44. The van der Waals surface area contributed by atoms with Crippen molar-refractivity contribution in [2.45, 2.75) is 51.5 Å². The third-order valence-corrected chi connectivity index (χ3v) is 7.44. The number of nitrogens with zero attached hydrogens (tertiary/aromatic N) is 6. The highest BCUT2D eigenvalue weighted by atomic mass is 19.1. The predicted molar refractivity (Wildman–Crippen MR) is 127 cm³/mol. The largest absolute Gasteiger partial charge is 0.309 e. The van der Waals surface area contributed by atoms with Gasteiger partial charge in [0, 0.05) is 25.1 Å². The molecule has 0 saturated heterocycles. The molecule has 0 radical (unpaired) electrons.